The maximum atomic E-state index is 13.5. The molecule has 2 atom stereocenters. The largest absolute Gasteiger partial charge is 0.453 e. The van der Waals surface area contributed by atoms with E-state index in [2.05, 4.69) is 41.1 Å². The predicted octanol–water partition coefficient (Wildman–Crippen LogP) is 6.91. The van der Waals surface area contributed by atoms with Crippen molar-refractivity contribution in [2.24, 2.45) is 5.92 Å². The molecule has 2 N–H and O–H groups in total. The Kier molecular flexibility index (Phi) is 12.2. The first-order valence-electron chi connectivity index (χ1n) is 16.7. The van der Waals surface area contributed by atoms with Crippen LogP contribution in [0.3, 0.4) is 0 Å². The van der Waals surface area contributed by atoms with Gasteiger partial charge >= 0.3 is 12.2 Å². The molecule has 16 heteroatoms. The van der Waals surface area contributed by atoms with Gasteiger partial charge < -0.3 is 19.7 Å². The molecule has 0 bridgehead atoms. The zero-order valence-electron chi connectivity index (χ0n) is 28.6. The van der Waals surface area contributed by atoms with E-state index in [-0.39, 0.29) is 29.7 Å². The number of benzene rings is 3. The molecule has 14 nitrogen and oxygen atoms in total. The molecule has 1 aliphatic rings. The third-order valence-corrected chi connectivity index (χ3v) is 9.20. The van der Waals surface area contributed by atoms with E-state index >= 15 is 0 Å². The van der Waals surface area contributed by atoms with Crippen LogP contribution in [-0.2, 0) is 20.9 Å². The highest BCUT2D eigenvalue weighted by Gasteiger charge is 2.29. The first-order valence-corrected chi connectivity index (χ1v) is 17.5. The zero-order chi connectivity index (χ0) is 37.2. The second-order valence-corrected chi connectivity index (χ2v) is 13.0. The van der Waals surface area contributed by atoms with Gasteiger partial charge in [-0.15, -0.1) is 10.2 Å². The van der Waals surface area contributed by atoms with E-state index in [1.165, 1.54) is 24.2 Å². The fraction of sp³-hybridized carbons (Fsp3) is 0.243. The Morgan fingerprint density at radius 2 is 1.83 bits per heavy atom. The van der Waals surface area contributed by atoms with Crippen LogP contribution < -0.4 is 10.6 Å². The molecule has 1 saturated heterocycles. The molecule has 1 aliphatic heterocycles. The summed E-state index contributed by atoms with van der Waals surface area (Å²) < 4.78 is 11.7. The highest BCUT2D eigenvalue weighted by atomic mass is 35.5. The molecule has 5 aromatic rings. The highest BCUT2D eigenvalue weighted by Crippen LogP contribution is 2.32. The molecular weight excluding hydrogens is 721 g/mol. The van der Waals surface area contributed by atoms with Crippen LogP contribution in [0.25, 0.3) is 22.9 Å². The van der Waals surface area contributed by atoms with Crippen molar-refractivity contribution in [2.75, 3.05) is 25.5 Å². The highest BCUT2D eigenvalue weighted by molar-refractivity contribution is 6.32. The molecule has 2 aromatic heterocycles. The topological polar surface area (TPSA) is 166 Å². The first-order chi connectivity index (χ1) is 25.7. The lowest BCUT2D eigenvalue weighted by Gasteiger charge is -2.21. The Bertz CT molecular complexity index is 2070. The Morgan fingerprint density at radius 1 is 1.02 bits per heavy atom. The molecular formula is C37H35Cl2N9O5. The SMILES string of the molecule is COC(=O)Nc1ccc(-c2cc([C@H](CCC3CCN(C(=O)OCc4ccccc4)C3)NC(=O)/C=C/c3cc(Cl)ccc3-n3cnnn3)nnc2Cl)cc1. The number of amides is 3. The summed E-state index contributed by atoms with van der Waals surface area (Å²) in [7, 11) is 1.29. The van der Waals surface area contributed by atoms with Crippen LogP contribution in [0.1, 0.15) is 42.1 Å². The average Bonchev–Trinajstić information content (AvgIpc) is 3.89. The number of hydrogen-bond acceptors (Lipinski definition) is 10. The Balaban J connectivity index is 1.19. The van der Waals surface area contributed by atoms with Crippen molar-refractivity contribution >= 4 is 53.1 Å². The van der Waals surface area contributed by atoms with E-state index in [9.17, 15) is 14.4 Å². The van der Waals surface area contributed by atoms with Gasteiger partial charge in [0.05, 0.1) is 24.5 Å². The van der Waals surface area contributed by atoms with Crippen molar-refractivity contribution in [1.29, 1.82) is 0 Å². The van der Waals surface area contributed by atoms with Gasteiger partial charge in [0.25, 0.3) is 0 Å². The van der Waals surface area contributed by atoms with Crippen LogP contribution in [0, 0.1) is 5.92 Å². The van der Waals surface area contributed by atoms with Crippen LogP contribution >= 0.6 is 23.2 Å². The minimum atomic E-state index is -0.590. The fourth-order valence-electron chi connectivity index (χ4n) is 5.93. The molecule has 1 unspecified atom stereocenters. The van der Waals surface area contributed by atoms with E-state index in [4.69, 9.17) is 27.9 Å². The molecule has 0 spiro atoms. The number of hydrogen-bond donors (Lipinski definition) is 2. The zero-order valence-corrected chi connectivity index (χ0v) is 30.1. The summed E-state index contributed by atoms with van der Waals surface area (Å²) >= 11 is 12.8. The van der Waals surface area contributed by atoms with Crippen molar-refractivity contribution in [1.82, 2.24) is 40.6 Å². The number of halogens is 2. The molecule has 0 saturated carbocycles. The number of ether oxygens (including phenoxy) is 2. The number of aromatic nitrogens is 6. The number of nitrogens with zero attached hydrogens (tertiary/aromatic N) is 7. The Labute approximate surface area is 315 Å². The van der Waals surface area contributed by atoms with Gasteiger partial charge in [-0.1, -0.05) is 65.7 Å². The number of carbonyl (C=O) groups excluding carboxylic acids is 3. The number of nitrogens with one attached hydrogen (secondary N) is 2. The molecule has 3 amide bonds. The van der Waals surface area contributed by atoms with Crippen molar-refractivity contribution < 1.29 is 23.9 Å². The van der Waals surface area contributed by atoms with Crippen molar-refractivity contribution in [3.8, 4) is 16.8 Å². The first kappa shape index (κ1) is 36.9. The number of anilines is 1. The number of likely N-dealkylation sites (tertiary alicyclic amines) is 1. The Morgan fingerprint density at radius 3 is 2.58 bits per heavy atom. The second-order valence-electron chi connectivity index (χ2n) is 12.2. The lowest BCUT2D eigenvalue weighted by molar-refractivity contribution is -0.117. The molecule has 3 aromatic carbocycles. The maximum absolute atomic E-state index is 13.5. The van der Waals surface area contributed by atoms with Crippen LogP contribution in [0.5, 0.6) is 0 Å². The van der Waals surface area contributed by atoms with Crippen LogP contribution in [0.4, 0.5) is 15.3 Å². The summed E-state index contributed by atoms with van der Waals surface area (Å²) in [6.45, 7) is 1.32. The molecule has 53 heavy (non-hydrogen) atoms. The molecule has 6 rings (SSSR count). The lowest BCUT2D eigenvalue weighted by Crippen LogP contribution is -2.30. The number of tetrazole rings is 1. The van der Waals surface area contributed by atoms with E-state index in [1.807, 2.05) is 30.3 Å². The van der Waals surface area contributed by atoms with Gasteiger partial charge in [0.15, 0.2) is 5.15 Å². The minimum absolute atomic E-state index is 0.170. The fourth-order valence-corrected chi connectivity index (χ4v) is 6.31. The monoisotopic (exact) mass is 755 g/mol. The standard InChI is InChI=1S/C37H35Cl2N9O5/c1-52-36(50)41-29-12-8-26(9-13-29)30-20-32(43-44-35(30)39)31(14-7-24-17-18-47(21-24)37(51)53-22-25-5-3-2-4-6-25)42-34(49)16-10-27-19-28(38)11-15-33(27)48-23-40-45-46-48/h2-6,8-13,15-16,19-20,23-24,31H,7,14,17-18,21-22H2,1H3,(H,41,50)(H,42,49)/b16-10+/t24?,31-/m0/s1. The maximum Gasteiger partial charge on any atom is 0.411 e. The summed E-state index contributed by atoms with van der Waals surface area (Å²) in [5.74, 6) is -0.208. The third kappa shape index (κ3) is 9.93. The molecule has 272 valence electrons. The van der Waals surface area contributed by atoms with Gasteiger partial charge in [-0.25, -0.2) is 9.59 Å². The van der Waals surface area contributed by atoms with Crippen LogP contribution in [-0.4, -0.2) is 73.6 Å². The predicted molar refractivity (Wildman–Crippen MR) is 198 cm³/mol. The third-order valence-electron chi connectivity index (χ3n) is 8.68. The van der Waals surface area contributed by atoms with Crippen molar-refractivity contribution in [3.05, 3.63) is 118 Å². The summed E-state index contributed by atoms with van der Waals surface area (Å²) in [6.07, 6.45) is 5.52. The van der Waals surface area contributed by atoms with Gasteiger partial charge in [-0.3, -0.25) is 10.1 Å². The van der Waals surface area contributed by atoms with Gasteiger partial charge in [0, 0.05) is 41.0 Å². The summed E-state index contributed by atoms with van der Waals surface area (Å²) in [5.41, 5.74) is 4.53. The van der Waals surface area contributed by atoms with E-state index in [0.29, 0.717) is 59.1 Å². The molecule has 1 fully saturated rings. The van der Waals surface area contributed by atoms with Gasteiger partial charge in [-0.05, 0) is 89.2 Å². The summed E-state index contributed by atoms with van der Waals surface area (Å²) in [4.78, 5) is 39.7. The normalized spacial score (nSPS) is 14.5. The van der Waals surface area contributed by atoms with E-state index < -0.39 is 12.1 Å². The Hall–Kier alpha value is -5.86. The van der Waals surface area contributed by atoms with Crippen LogP contribution in [0.2, 0.25) is 10.2 Å². The van der Waals surface area contributed by atoms with Crippen molar-refractivity contribution in [2.45, 2.75) is 31.9 Å². The average molecular weight is 757 g/mol. The smallest absolute Gasteiger partial charge is 0.411 e. The number of methoxy groups -OCH3 is 1. The summed E-state index contributed by atoms with van der Waals surface area (Å²) in [5, 5.41) is 26.3. The number of rotatable bonds is 12. The van der Waals surface area contributed by atoms with E-state index in [1.54, 1.807) is 59.5 Å². The van der Waals surface area contributed by atoms with Gasteiger partial charge in [0.1, 0.15) is 12.9 Å². The molecule has 0 aliphatic carbocycles. The quantitative estimate of drug-likeness (QED) is 0.128. The van der Waals surface area contributed by atoms with Gasteiger partial charge in [0.2, 0.25) is 5.91 Å². The second kappa shape index (κ2) is 17.6. The van der Waals surface area contributed by atoms with Gasteiger partial charge in [-0.2, -0.15) is 9.78 Å². The van der Waals surface area contributed by atoms with E-state index in [0.717, 1.165) is 17.5 Å². The minimum Gasteiger partial charge on any atom is -0.453 e. The molecule has 3 heterocycles. The number of carbonyl (C=O) groups is 3. The lowest BCUT2D eigenvalue weighted by atomic mass is 9.96. The van der Waals surface area contributed by atoms with Crippen LogP contribution in [0.15, 0.2) is 91.3 Å². The summed E-state index contributed by atoms with van der Waals surface area (Å²) in [6, 6.07) is 22.9. The van der Waals surface area contributed by atoms with Crippen molar-refractivity contribution in [3.63, 3.8) is 0 Å². The molecule has 0 radical (unpaired) electrons.